The van der Waals surface area contributed by atoms with Crippen molar-refractivity contribution in [1.29, 1.82) is 0 Å². The minimum absolute atomic E-state index is 0.130. The van der Waals surface area contributed by atoms with Crippen LogP contribution in [0.2, 0.25) is 0 Å². The highest BCUT2D eigenvalue weighted by atomic mass is 32.2. The molecule has 10 heteroatoms. The highest BCUT2D eigenvalue weighted by Gasteiger charge is 2.56. The number of aromatic nitrogens is 3. The van der Waals surface area contributed by atoms with E-state index in [1.165, 1.54) is 22.8 Å². The highest BCUT2D eigenvalue weighted by molar-refractivity contribution is 7.91. The number of halogens is 2. The summed E-state index contributed by atoms with van der Waals surface area (Å²) in [4.78, 5) is 26.3. The Bertz CT molecular complexity index is 1540. The molecule has 7 nitrogen and oxygen atoms in total. The average molecular weight is 461 g/mol. The first kappa shape index (κ1) is 20.9. The number of rotatable bonds is 5. The monoisotopic (exact) mass is 461 g/mol. The number of hydrogen-bond acceptors (Lipinski definition) is 4. The van der Waals surface area contributed by atoms with Gasteiger partial charge in [0.25, 0.3) is 5.56 Å². The molecule has 5 rings (SSSR count). The van der Waals surface area contributed by atoms with Crippen LogP contribution in [-0.2, 0) is 23.0 Å². The second-order valence-electron chi connectivity index (χ2n) is 8.54. The molecule has 1 saturated carbocycles. The van der Waals surface area contributed by atoms with Crippen molar-refractivity contribution in [3.63, 3.8) is 0 Å². The van der Waals surface area contributed by atoms with Crippen molar-refractivity contribution in [3.8, 4) is 5.69 Å². The maximum absolute atomic E-state index is 15.4. The largest absolute Gasteiger partial charge is 0.347 e. The lowest BCUT2D eigenvalue weighted by Gasteiger charge is -2.16. The van der Waals surface area contributed by atoms with E-state index in [4.69, 9.17) is 0 Å². The number of imidazole rings is 1. The van der Waals surface area contributed by atoms with Gasteiger partial charge in [-0.2, -0.15) is 8.36 Å². The minimum Gasteiger partial charge on any atom is -0.308 e. The standard InChI is InChI=1S/C22H21F2N3O4S/c1-3-8-22(9-10-22)32(30,31)27-18-16-5-4-11-25(16)20(28)17(24)19(18)26(21(27)29)15-7-6-13(2)12-14(15)23/h3,6-7,12H,1,4-5,8-11H2,2H3. The number of aryl methyl sites for hydroxylation is 2. The zero-order valence-corrected chi connectivity index (χ0v) is 18.2. The summed E-state index contributed by atoms with van der Waals surface area (Å²) in [5, 5.41) is 0. The van der Waals surface area contributed by atoms with E-state index in [1.807, 2.05) is 0 Å². The SMILES string of the molecule is C=CCC1(S(=O)(=O)n2c(=O)n(-c3ccc(C)cc3F)c3c(F)c(=O)n4c(c32)CCC4)CC1. The lowest BCUT2D eigenvalue weighted by molar-refractivity contribution is 0.565. The van der Waals surface area contributed by atoms with Crippen LogP contribution in [-0.4, -0.2) is 26.3 Å². The molecule has 0 unspecified atom stereocenters. The third kappa shape index (κ3) is 2.58. The van der Waals surface area contributed by atoms with Crippen molar-refractivity contribution in [3.05, 3.63) is 74.6 Å². The summed E-state index contributed by atoms with van der Waals surface area (Å²) in [7, 11) is -4.30. The molecule has 0 spiro atoms. The first-order valence-electron chi connectivity index (χ1n) is 10.4. The van der Waals surface area contributed by atoms with E-state index in [0.717, 1.165) is 6.07 Å². The van der Waals surface area contributed by atoms with E-state index in [2.05, 4.69) is 6.58 Å². The third-order valence-corrected chi connectivity index (χ3v) is 9.00. The van der Waals surface area contributed by atoms with Gasteiger partial charge in [0.15, 0.2) is 0 Å². The van der Waals surface area contributed by atoms with Crippen LogP contribution < -0.4 is 11.2 Å². The molecule has 1 fully saturated rings. The quantitative estimate of drug-likeness (QED) is 0.547. The average Bonchev–Trinajstić information content (AvgIpc) is 3.25. The van der Waals surface area contributed by atoms with E-state index in [9.17, 15) is 22.4 Å². The summed E-state index contributed by atoms with van der Waals surface area (Å²) in [6.45, 7) is 5.49. The third-order valence-electron chi connectivity index (χ3n) is 6.51. The van der Waals surface area contributed by atoms with Crippen LogP contribution in [0.4, 0.5) is 8.78 Å². The van der Waals surface area contributed by atoms with Crippen LogP contribution in [0.5, 0.6) is 0 Å². The Hall–Kier alpha value is -3.01. The van der Waals surface area contributed by atoms with E-state index in [0.29, 0.717) is 39.8 Å². The molecule has 0 atom stereocenters. The van der Waals surface area contributed by atoms with Crippen LogP contribution in [0, 0.1) is 18.6 Å². The van der Waals surface area contributed by atoms with E-state index < -0.39 is 43.2 Å². The fraction of sp³-hybridized carbons (Fsp3) is 0.364. The molecule has 3 heterocycles. The second-order valence-corrected chi connectivity index (χ2v) is 10.7. The summed E-state index contributed by atoms with van der Waals surface area (Å²) in [6, 6.07) is 3.97. The predicted octanol–water partition coefficient (Wildman–Crippen LogP) is 2.77. The molecular formula is C22H21F2N3O4S. The number of pyridine rings is 1. The molecule has 32 heavy (non-hydrogen) atoms. The van der Waals surface area contributed by atoms with Gasteiger partial charge in [0.2, 0.25) is 15.8 Å². The zero-order valence-electron chi connectivity index (χ0n) is 17.4. The van der Waals surface area contributed by atoms with Crippen LogP contribution >= 0.6 is 0 Å². The molecule has 0 amide bonds. The summed E-state index contributed by atoms with van der Waals surface area (Å²) >= 11 is 0. The topological polar surface area (TPSA) is 83.1 Å². The summed E-state index contributed by atoms with van der Waals surface area (Å²) < 4.78 is 59.0. The molecule has 0 saturated heterocycles. The molecular weight excluding hydrogens is 440 g/mol. The Balaban J connectivity index is 1.99. The number of nitrogens with zero attached hydrogens (tertiary/aromatic N) is 3. The van der Waals surface area contributed by atoms with Crippen molar-refractivity contribution < 1.29 is 17.2 Å². The first-order valence-corrected chi connectivity index (χ1v) is 11.8. The molecule has 1 aliphatic heterocycles. The number of hydrogen-bond donors (Lipinski definition) is 0. The van der Waals surface area contributed by atoms with Gasteiger partial charge in [-0.25, -0.2) is 17.6 Å². The molecule has 1 aliphatic carbocycles. The second kappa shape index (κ2) is 6.74. The summed E-state index contributed by atoms with van der Waals surface area (Å²) in [5.41, 5.74) is -2.22. The molecule has 2 aromatic heterocycles. The molecule has 0 radical (unpaired) electrons. The number of allylic oxidation sites excluding steroid dienone is 1. The number of benzene rings is 1. The van der Waals surface area contributed by atoms with Gasteiger partial charge >= 0.3 is 5.69 Å². The van der Waals surface area contributed by atoms with Crippen molar-refractivity contribution in [1.82, 2.24) is 13.1 Å². The Morgan fingerprint density at radius 3 is 2.53 bits per heavy atom. The van der Waals surface area contributed by atoms with Crippen molar-refractivity contribution in [2.75, 3.05) is 0 Å². The highest BCUT2D eigenvalue weighted by Crippen LogP contribution is 2.48. The summed E-state index contributed by atoms with van der Waals surface area (Å²) in [5.74, 6) is -2.10. The van der Waals surface area contributed by atoms with Crippen molar-refractivity contribution in [2.45, 2.75) is 50.3 Å². The van der Waals surface area contributed by atoms with Crippen LogP contribution in [0.1, 0.15) is 36.9 Å². The van der Waals surface area contributed by atoms with Crippen molar-refractivity contribution >= 4 is 21.1 Å². The van der Waals surface area contributed by atoms with Gasteiger partial charge in [-0.3, -0.25) is 9.36 Å². The van der Waals surface area contributed by atoms with Crippen LogP contribution in [0.15, 0.2) is 40.4 Å². The van der Waals surface area contributed by atoms with E-state index >= 15 is 4.39 Å². The summed E-state index contributed by atoms with van der Waals surface area (Å²) in [6.07, 6.45) is 3.07. The Morgan fingerprint density at radius 1 is 1.19 bits per heavy atom. The van der Waals surface area contributed by atoms with Gasteiger partial charge in [-0.15, -0.1) is 6.58 Å². The Morgan fingerprint density at radius 2 is 1.91 bits per heavy atom. The normalized spacial score (nSPS) is 17.0. The van der Waals surface area contributed by atoms with Gasteiger partial charge in [0.05, 0.1) is 10.4 Å². The molecule has 2 aliphatic rings. The number of fused-ring (bicyclic) bond motifs is 3. The van der Waals surface area contributed by atoms with E-state index in [-0.39, 0.29) is 29.9 Å². The fourth-order valence-corrected chi connectivity index (χ4v) is 6.76. The first-order chi connectivity index (χ1) is 15.1. The molecule has 168 valence electrons. The van der Waals surface area contributed by atoms with Gasteiger partial charge in [-0.05, 0) is 56.7 Å². The minimum atomic E-state index is -4.30. The van der Waals surface area contributed by atoms with E-state index in [1.54, 1.807) is 6.92 Å². The van der Waals surface area contributed by atoms with Gasteiger partial charge < -0.3 is 4.57 Å². The van der Waals surface area contributed by atoms with Gasteiger partial charge in [-0.1, -0.05) is 12.1 Å². The predicted molar refractivity (Wildman–Crippen MR) is 116 cm³/mol. The smallest absolute Gasteiger partial charge is 0.308 e. The van der Waals surface area contributed by atoms with Crippen molar-refractivity contribution in [2.24, 2.45) is 0 Å². The maximum Gasteiger partial charge on any atom is 0.347 e. The lowest BCUT2D eigenvalue weighted by atomic mass is 10.2. The van der Waals surface area contributed by atoms with Crippen LogP contribution in [0.25, 0.3) is 16.7 Å². The molecule has 0 N–H and O–H groups in total. The molecule has 0 bridgehead atoms. The fourth-order valence-electron chi connectivity index (χ4n) is 4.71. The zero-order chi connectivity index (χ0) is 23.0. The Kier molecular flexibility index (Phi) is 4.40. The lowest BCUT2D eigenvalue weighted by Crippen LogP contribution is -2.37. The maximum atomic E-state index is 15.4. The molecule has 3 aromatic rings. The van der Waals surface area contributed by atoms with Gasteiger partial charge in [0.1, 0.15) is 16.9 Å². The molecule has 1 aromatic carbocycles. The van der Waals surface area contributed by atoms with Gasteiger partial charge in [0, 0.05) is 12.2 Å². The van der Waals surface area contributed by atoms with Crippen LogP contribution in [0.3, 0.4) is 0 Å². The Labute approximate surface area is 182 Å².